The van der Waals surface area contributed by atoms with Gasteiger partial charge in [0.15, 0.2) is 0 Å². The van der Waals surface area contributed by atoms with E-state index in [9.17, 15) is 4.79 Å². The predicted molar refractivity (Wildman–Crippen MR) is 67.0 cm³/mol. The van der Waals surface area contributed by atoms with E-state index in [1.165, 1.54) is 0 Å². The van der Waals surface area contributed by atoms with Crippen LogP contribution in [-0.4, -0.2) is 28.1 Å². The SMILES string of the molecule is CC(C)(C)Nc1cccc(CNCC(=O)O)n1. The molecule has 0 aliphatic carbocycles. The molecule has 0 radical (unpaired) electrons. The van der Waals surface area contributed by atoms with Crippen molar-refractivity contribution >= 4 is 11.8 Å². The van der Waals surface area contributed by atoms with E-state index in [0.717, 1.165) is 11.5 Å². The van der Waals surface area contributed by atoms with Crippen LogP contribution in [0.4, 0.5) is 5.82 Å². The third-order valence-electron chi connectivity index (χ3n) is 1.89. The maximum absolute atomic E-state index is 10.3. The number of pyridine rings is 1. The summed E-state index contributed by atoms with van der Waals surface area (Å²) in [5.41, 5.74) is 0.778. The zero-order chi connectivity index (χ0) is 12.9. The first-order valence-electron chi connectivity index (χ1n) is 5.53. The first-order chi connectivity index (χ1) is 7.87. The summed E-state index contributed by atoms with van der Waals surface area (Å²) >= 11 is 0. The van der Waals surface area contributed by atoms with E-state index < -0.39 is 5.97 Å². The molecule has 1 aromatic rings. The lowest BCUT2D eigenvalue weighted by atomic mass is 10.1. The molecule has 94 valence electrons. The molecule has 5 heteroatoms. The summed E-state index contributed by atoms with van der Waals surface area (Å²) in [5, 5.41) is 14.6. The first kappa shape index (κ1) is 13.4. The van der Waals surface area contributed by atoms with Gasteiger partial charge in [0.25, 0.3) is 0 Å². The molecule has 0 aliphatic heterocycles. The van der Waals surface area contributed by atoms with Crippen molar-refractivity contribution < 1.29 is 9.90 Å². The van der Waals surface area contributed by atoms with Crippen LogP contribution in [0.2, 0.25) is 0 Å². The lowest BCUT2D eigenvalue weighted by molar-refractivity contribution is -0.135. The molecule has 0 aromatic carbocycles. The van der Waals surface area contributed by atoms with Crippen LogP contribution in [0.15, 0.2) is 18.2 Å². The van der Waals surface area contributed by atoms with Gasteiger partial charge in [-0.2, -0.15) is 0 Å². The molecule has 1 aromatic heterocycles. The van der Waals surface area contributed by atoms with Gasteiger partial charge >= 0.3 is 5.97 Å². The molecule has 1 rings (SSSR count). The van der Waals surface area contributed by atoms with Crippen LogP contribution >= 0.6 is 0 Å². The molecular formula is C12H19N3O2. The average Bonchev–Trinajstić information content (AvgIpc) is 2.14. The molecule has 5 nitrogen and oxygen atoms in total. The average molecular weight is 237 g/mol. The van der Waals surface area contributed by atoms with E-state index in [4.69, 9.17) is 5.11 Å². The quantitative estimate of drug-likeness (QED) is 0.723. The number of aromatic nitrogens is 1. The van der Waals surface area contributed by atoms with Crippen LogP contribution in [0.1, 0.15) is 26.5 Å². The minimum absolute atomic E-state index is 0.0416. The fourth-order valence-corrected chi connectivity index (χ4v) is 1.33. The molecule has 3 N–H and O–H groups in total. The van der Waals surface area contributed by atoms with Crippen LogP contribution in [0.5, 0.6) is 0 Å². The largest absolute Gasteiger partial charge is 0.480 e. The van der Waals surface area contributed by atoms with Crippen LogP contribution in [0.25, 0.3) is 0 Å². The molecule has 0 spiro atoms. The summed E-state index contributed by atoms with van der Waals surface area (Å²) in [6.07, 6.45) is 0. The number of anilines is 1. The molecule has 17 heavy (non-hydrogen) atoms. The van der Waals surface area contributed by atoms with E-state index >= 15 is 0 Å². The Labute approximate surface area is 101 Å². The van der Waals surface area contributed by atoms with Crippen molar-refractivity contribution in [3.8, 4) is 0 Å². The highest BCUT2D eigenvalue weighted by atomic mass is 16.4. The summed E-state index contributed by atoms with van der Waals surface area (Å²) in [7, 11) is 0. The van der Waals surface area contributed by atoms with Crippen molar-refractivity contribution in [3.05, 3.63) is 23.9 Å². The van der Waals surface area contributed by atoms with Crippen LogP contribution in [-0.2, 0) is 11.3 Å². The summed E-state index contributed by atoms with van der Waals surface area (Å²) in [5.74, 6) is -0.0684. The van der Waals surface area contributed by atoms with E-state index in [1.54, 1.807) is 0 Å². The number of carboxylic acids is 1. The number of nitrogens with zero attached hydrogens (tertiary/aromatic N) is 1. The molecule has 0 unspecified atom stereocenters. The topological polar surface area (TPSA) is 74.2 Å². The van der Waals surface area contributed by atoms with Crippen molar-refractivity contribution in [1.82, 2.24) is 10.3 Å². The van der Waals surface area contributed by atoms with Gasteiger partial charge in [-0.05, 0) is 32.9 Å². The number of hydrogen-bond donors (Lipinski definition) is 3. The van der Waals surface area contributed by atoms with Gasteiger partial charge in [0.2, 0.25) is 0 Å². The highest BCUT2D eigenvalue weighted by molar-refractivity contribution is 5.68. The van der Waals surface area contributed by atoms with Gasteiger partial charge in [-0.3, -0.25) is 4.79 Å². The molecule has 0 fully saturated rings. The zero-order valence-electron chi connectivity index (χ0n) is 10.4. The van der Waals surface area contributed by atoms with Gasteiger partial charge in [-0.15, -0.1) is 0 Å². The Hall–Kier alpha value is -1.62. The molecule has 1 heterocycles. The Kier molecular flexibility index (Phi) is 4.45. The van der Waals surface area contributed by atoms with E-state index in [2.05, 4.69) is 36.4 Å². The molecule has 0 amide bonds. The highest BCUT2D eigenvalue weighted by Crippen LogP contribution is 2.12. The lowest BCUT2D eigenvalue weighted by Crippen LogP contribution is -2.27. The number of carboxylic acid groups (broad SMARTS) is 1. The molecular weight excluding hydrogens is 218 g/mol. The second kappa shape index (κ2) is 5.63. The Balaban J connectivity index is 2.57. The minimum atomic E-state index is -0.867. The monoisotopic (exact) mass is 237 g/mol. The maximum Gasteiger partial charge on any atom is 0.317 e. The Bertz CT molecular complexity index is 386. The molecule has 0 atom stereocenters. The standard InChI is InChI=1S/C12H19N3O2/c1-12(2,3)15-10-6-4-5-9(14-10)7-13-8-11(16)17/h4-6,13H,7-8H2,1-3H3,(H,14,15)(H,16,17). The number of aliphatic carboxylic acids is 1. The van der Waals surface area contributed by atoms with E-state index in [-0.39, 0.29) is 12.1 Å². The van der Waals surface area contributed by atoms with Crippen LogP contribution in [0, 0.1) is 0 Å². The van der Waals surface area contributed by atoms with Gasteiger partial charge in [0, 0.05) is 12.1 Å². The zero-order valence-corrected chi connectivity index (χ0v) is 10.4. The number of hydrogen-bond acceptors (Lipinski definition) is 4. The number of nitrogens with one attached hydrogen (secondary N) is 2. The van der Waals surface area contributed by atoms with Gasteiger partial charge in [-0.25, -0.2) is 4.98 Å². The van der Waals surface area contributed by atoms with Crippen molar-refractivity contribution in [2.24, 2.45) is 0 Å². The summed E-state index contributed by atoms with van der Waals surface area (Å²) in [6, 6.07) is 5.66. The summed E-state index contributed by atoms with van der Waals surface area (Å²) in [4.78, 5) is 14.7. The van der Waals surface area contributed by atoms with E-state index in [0.29, 0.717) is 6.54 Å². The Morgan fingerprint density at radius 3 is 2.71 bits per heavy atom. The summed E-state index contributed by atoms with van der Waals surface area (Å²) in [6.45, 7) is 6.57. The highest BCUT2D eigenvalue weighted by Gasteiger charge is 2.10. The van der Waals surface area contributed by atoms with Gasteiger partial charge in [0.05, 0.1) is 12.2 Å². The van der Waals surface area contributed by atoms with Gasteiger partial charge in [-0.1, -0.05) is 6.07 Å². The number of rotatable bonds is 5. The third kappa shape index (κ3) is 5.87. The maximum atomic E-state index is 10.3. The summed E-state index contributed by atoms with van der Waals surface area (Å²) < 4.78 is 0. The van der Waals surface area contributed by atoms with Crippen LogP contribution in [0.3, 0.4) is 0 Å². The normalized spacial score (nSPS) is 11.2. The second-order valence-electron chi connectivity index (χ2n) is 4.89. The molecule has 0 saturated carbocycles. The van der Waals surface area contributed by atoms with E-state index in [1.807, 2.05) is 18.2 Å². The Morgan fingerprint density at radius 2 is 2.12 bits per heavy atom. The lowest BCUT2D eigenvalue weighted by Gasteiger charge is -2.21. The van der Waals surface area contributed by atoms with Gasteiger partial charge < -0.3 is 15.7 Å². The van der Waals surface area contributed by atoms with Crippen molar-refractivity contribution in [2.75, 3.05) is 11.9 Å². The second-order valence-corrected chi connectivity index (χ2v) is 4.89. The third-order valence-corrected chi connectivity index (χ3v) is 1.89. The molecule has 0 saturated heterocycles. The Morgan fingerprint density at radius 1 is 1.41 bits per heavy atom. The first-order valence-corrected chi connectivity index (χ1v) is 5.53. The molecule has 0 bridgehead atoms. The molecule has 0 aliphatic rings. The number of carbonyl (C=O) groups is 1. The fourth-order valence-electron chi connectivity index (χ4n) is 1.33. The smallest absolute Gasteiger partial charge is 0.317 e. The predicted octanol–water partition coefficient (Wildman–Crippen LogP) is 1.47. The van der Waals surface area contributed by atoms with Crippen molar-refractivity contribution in [3.63, 3.8) is 0 Å². The van der Waals surface area contributed by atoms with Crippen LogP contribution < -0.4 is 10.6 Å². The van der Waals surface area contributed by atoms with Gasteiger partial charge in [0.1, 0.15) is 5.82 Å². The van der Waals surface area contributed by atoms with Crippen molar-refractivity contribution in [1.29, 1.82) is 0 Å². The van der Waals surface area contributed by atoms with Crippen molar-refractivity contribution in [2.45, 2.75) is 32.9 Å². The fraction of sp³-hybridized carbons (Fsp3) is 0.500. The minimum Gasteiger partial charge on any atom is -0.480 e.